The van der Waals surface area contributed by atoms with Gasteiger partial charge in [-0.3, -0.25) is 0 Å². The Bertz CT molecular complexity index is 1090. The van der Waals surface area contributed by atoms with Gasteiger partial charge in [0.2, 0.25) is 10.0 Å². The molecule has 1 heterocycles. The number of nitrogens with two attached hydrogens (primary N) is 1. The van der Waals surface area contributed by atoms with Gasteiger partial charge in [0.25, 0.3) is 0 Å². The van der Waals surface area contributed by atoms with E-state index in [1.807, 2.05) is 0 Å². The van der Waals surface area contributed by atoms with Crippen LogP contribution in [0.1, 0.15) is 28.7 Å². The Morgan fingerprint density at radius 1 is 1.08 bits per heavy atom. The zero-order valence-electron chi connectivity index (χ0n) is 14.6. The largest absolute Gasteiger partial charge is 0.366 e. The van der Waals surface area contributed by atoms with Crippen LogP contribution in [0.2, 0.25) is 0 Å². The number of rotatable bonds is 4. The number of nitrogens with zero attached hydrogens (tertiary/aromatic N) is 1. The number of anilines is 1. The lowest BCUT2D eigenvalue weighted by atomic mass is 10.0. The number of nitrogens with one attached hydrogen (secondary N) is 1. The summed E-state index contributed by atoms with van der Waals surface area (Å²) < 4.78 is 22.6. The highest BCUT2D eigenvalue weighted by molar-refractivity contribution is 7.89. The molecule has 3 aromatic rings. The third kappa shape index (κ3) is 3.30. The van der Waals surface area contributed by atoms with Gasteiger partial charge in [0, 0.05) is 11.9 Å². The second-order valence-corrected chi connectivity index (χ2v) is 8.42. The molecule has 5 nitrogen and oxygen atoms in total. The number of sulfonamides is 1. The molecule has 6 heteroatoms. The van der Waals surface area contributed by atoms with Gasteiger partial charge in [0.1, 0.15) is 5.82 Å². The third-order valence-corrected chi connectivity index (χ3v) is 5.88. The number of pyridine rings is 1. The summed E-state index contributed by atoms with van der Waals surface area (Å²) in [5.74, 6) is 0.823. The van der Waals surface area contributed by atoms with Gasteiger partial charge in [-0.2, -0.15) is 0 Å². The van der Waals surface area contributed by atoms with Crippen LogP contribution in [0, 0.1) is 6.92 Å². The maximum atomic E-state index is 11.3. The number of primary sulfonamides is 1. The quantitative estimate of drug-likeness (QED) is 0.741. The van der Waals surface area contributed by atoms with Crippen LogP contribution in [-0.2, 0) is 29.4 Å². The van der Waals surface area contributed by atoms with E-state index in [9.17, 15) is 8.42 Å². The molecule has 0 atom stereocenters. The van der Waals surface area contributed by atoms with E-state index in [1.165, 1.54) is 47.1 Å². The lowest BCUT2D eigenvalue weighted by molar-refractivity contribution is 0.598. The number of hydrogen-bond donors (Lipinski definition) is 2. The molecule has 0 spiro atoms. The second kappa shape index (κ2) is 6.37. The van der Waals surface area contributed by atoms with E-state index in [4.69, 9.17) is 10.1 Å². The lowest BCUT2D eigenvalue weighted by Gasteiger charge is -2.11. The van der Waals surface area contributed by atoms with Crippen molar-refractivity contribution in [1.29, 1.82) is 0 Å². The minimum atomic E-state index is -3.65. The molecule has 2 aromatic carbocycles. The summed E-state index contributed by atoms with van der Waals surface area (Å²) in [6.07, 6.45) is 3.53. The molecule has 0 fully saturated rings. The van der Waals surface area contributed by atoms with Crippen molar-refractivity contribution in [2.75, 3.05) is 5.32 Å². The van der Waals surface area contributed by atoms with E-state index in [-0.39, 0.29) is 4.90 Å². The fraction of sp³-hybridized carbons (Fsp3) is 0.250. The van der Waals surface area contributed by atoms with E-state index in [2.05, 4.69) is 30.4 Å². The van der Waals surface area contributed by atoms with Gasteiger partial charge in [-0.15, -0.1) is 0 Å². The van der Waals surface area contributed by atoms with Crippen molar-refractivity contribution in [2.45, 2.75) is 37.6 Å². The van der Waals surface area contributed by atoms with Gasteiger partial charge in [-0.25, -0.2) is 18.5 Å². The zero-order valence-corrected chi connectivity index (χ0v) is 15.4. The molecule has 134 valence electrons. The van der Waals surface area contributed by atoms with Crippen LogP contribution >= 0.6 is 0 Å². The summed E-state index contributed by atoms with van der Waals surface area (Å²) in [6.45, 7) is 2.67. The highest BCUT2D eigenvalue weighted by Gasteiger charge is 2.14. The standard InChI is InChI=1S/C20H21N3O2S/c1-13-9-20(22-12-14-5-7-17(8-6-14)26(21,24)25)23-19-11-16-4-2-3-15(16)10-18(13)19/h5-11H,2-4,12H2,1H3,(H,22,23)(H2,21,24,25). The van der Waals surface area contributed by atoms with Crippen LogP contribution in [0.5, 0.6) is 0 Å². The number of benzene rings is 2. The topological polar surface area (TPSA) is 85.1 Å². The summed E-state index contributed by atoms with van der Waals surface area (Å²) in [4.78, 5) is 4.88. The zero-order chi connectivity index (χ0) is 18.3. The van der Waals surface area contributed by atoms with Crippen LogP contribution in [0.3, 0.4) is 0 Å². The summed E-state index contributed by atoms with van der Waals surface area (Å²) in [5, 5.41) is 9.67. The maximum Gasteiger partial charge on any atom is 0.238 e. The first-order valence-electron chi connectivity index (χ1n) is 8.69. The molecule has 1 aliphatic carbocycles. The number of hydrogen-bond acceptors (Lipinski definition) is 4. The van der Waals surface area contributed by atoms with Crippen LogP contribution in [-0.4, -0.2) is 13.4 Å². The van der Waals surface area contributed by atoms with E-state index in [0.717, 1.165) is 23.3 Å². The molecule has 26 heavy (non-hydrogen) atoms. The highest BCUT2D eigenvalue weighted by Crippen LogP contribution is 2.29. The molecule has 4 rings (SSSR count). The highest BCUT2D eigenvalue weighted by atomic mass is 32.2. The van der Waals surface area contributed by atoms with Crippen molar-refractivity contribution >= 4 is 26.7 Å². The first-order valence-corrected chi connectivity index (χ1v) is 10.2. The summed E-state index contributed by atoms with van der Waals surface area (Å²) in [6, 6.07) is 13.1. The molecule has 0 saturated carbocycles. The van der Waals surface area contributed by atoms with Gasteiger partial charge in [0.05, 0.1) is 10.4 Å². The predicted octanol–water partition coefficient (Wildman–Crippen LogP) is 3.29. The van der Waals surface area contributed by atoms with Crippen LogP contribution < -0.4 is 10.5 Å². The van der Waals surface area contributed by atoms with Crippen LogP contribution in [0.4, 0.5) is 5.82 Å². The van der Waals surface area contributed by atoms with Gasteiger partial charge in [-0.1, -0.05) is 12.1 Å². The average molecular weight is 367 g/mol. The molecular formula is C20H21N3O2S. The molecule has 0 saturated heterocycles. The smallest absolute Gasteiger partial charge is 0.238 e. The van der Waals surface area contributed by atoms with Gasteiger partial charge < -0.3 is 5.32 Å². The first-order chi connectivity index (χ1) is 12.4. The van der Waals surface area contributed by atoms with Crippen molar-refractivity contribution in [3.63, 3.8) is 0 Å². The van der Waals surface area contributed by atoms with Gasteiger partial charge in [0.15, 0.2) is 0 Å². The molecule has 0 amide bonds. The Morgan fingerprint density at radius 3 is 2.46 bits per heavy atom. The monoisotopic (exact) mass is 367 g/mol. The minimum Gasteiger partial charge on any atom is -0.366 e. The Morgan fingerprint density at radius 2 is 1.77 bits per heavy atom. The van der Waals surface area contributed by atoms with Crippen molar-refractivity contribution in [3.05, 3.63) is 64.7 Å². The maximum absolute atomic E-state index is 11.3. The van der Waals surface area contributed by atoms with E-state index in [0.29, 0.717) is 6.54 Å². The Kier molecular flexibility index (Phi) is 4.17. The van der Waals surface area contributed by atoms with Crippen molar-refractivity contribution in [1.82, 2.24) is 4.98 Å². The van der Waals surface area contributed by atoms with Crippen molar-refractivity contribution < 1.29 is 8.42 Å². The van der Waals surface area contributed by atoms with E-state index >= 15 is 0 Å². The predicted molar refractivity (Wildman–Crippen MR) is 104 cm³/mol. The normalized spacial score (nSPS) is 13.8. The Hall–Kier alpha value is -2.44. The fourth-order valence-corrected chi connectivity index (χ4v) is 4.06. The SMILES string of the molecule is Cc1cc(NCc2ccc(S(N)(=O)=O)cc2)nc2cc3c(cc12)CCC3. The minimum absolute atomic E-state index is 0.120. The molecule has 1 aliphatic rings. The van der Waals surface area contributed by atoms with E-state index < -0.39 is 10.0 Å². The summed E-state index contributed by atoms with van der Waals surface area (Å²) in [7, 11) is -3.65. The molecule has 3 N–H and O–H groups in total. The Labute approximate surface area is 153 Å². The van der Waals surface area contributed by atoms with Crippen LogP contribution in [0.25, 0.3) is 10.9 Å². The molecular weight excluding hydrogens is 346 g/mol. The number of aryl methyl sites for hydroxylation is 3. The van der Waals surface area contributed by atoms with E-state index in [1.54, 1.807) is 12.1 Å². The third-order valence-electron chi connectivity index (χ3n) is 4.95. The molecule has 0 unspecified atom stereocenters. The van der Waals surface area contributed by atoms with Gasteiger partial charge >= 0.3 is 0 Å². The molecule has 0 radical (unpaired) electrons. The molecule has 0 bridgehead atoms. The molecule has 1 aromatic heterocycles. The fourth-order valence-electron chi connectivity index (χ4n) is 3.54. The second-order valence-electron chi connectivity index (χ2n) is 6.86. The number of aromatic nitrogens is 1. The summed E-state index contributed by atoms with van der Waals surface area (Å²) >= 11 is 0. The van der Waals surface area contributed by atoms with Crippen LogP contribution in [0.15, 0.2) is 47.4 Å². The van der Waals surface area contributed by atoms with Crippen molar-refractivity contribution in [3.8, 4) is 0 Å². The molecule has 0 aliphatic heterocycles. The number of fused-ring (bicyclic) bond motifs is 2. The average Bonchev–Trinajstić information content (AvgIpc) is 3.05. The van der Waals surface area contributed by atoms with Gasteiger partial charge in [-0.05, 0) is 78.8 Å². The lowest BCUT2D eigenvalue weighted by Crippen LogP contribution is -2.12. The Balaban J connectivity index is 1.57. The first kappa shape index (κ1) is 17.0. The summed E-state index contributed by atoms with van der Waals surface area (Å²) in [5.41, 5.74) is 6.07. The van der Waals surface area contributed by atoms with Crippen molar-refractivity contribution in [2.24, 2.45) is 5.14 Å².